The van der Waals surface area contributed by atoms with Gasteiger partial charge in [-0.3, -0.25) is 0 Å². The summed E-state index contributed by atoms with van der Waals surface area (Å²) in [5.74, 6) is 1.41. The lowest BCUT2D eigenvalue weighted by Crippen LogP contribution is -2.50. The van der Waals surface area contributed by atoms with Gasteiger partial charge in [0.1, 0.15) is 12.7 Å². The van der Waals surface area contributed by atoms with Gasteiger partial charge in [-0.2, -0.15) is 0 Å². The fraction of sp³-hybridized carbons (Fsp3) is 0.235. The Kier molecular flexibility index (Phi) is 4.08. The Hall–Kier alpha value is -1.82. The first-order valence-corrected chi connectivity index (χ1v) is 8.65. The summed E-state index contributed by atoms with van der Waals surface area (Å²) in [4.78, 5) is 4.29. The van der Waals surface area contributed by atoms with Gasteiger partial charge in [0.05, 0.1) is 15.7 Å². The first-order chi connectivity index (χ1) is 11.3. The van der Waals surface area contributed by atoms with E-state index in [1.165, 1.54) is 4.70 Å². The molecule has 0 aliphatic carbocycles. The second-order valence-corrected chi connectivity index (χ2v) is 6.76. The van der Waals surface area contributed by atoms with Crippen LogP contribution in [0.1, 0.15) is 5.56 Å². The molecule has 4 nitrogen and oxygen atoms in total. The van der Waals surface area contributed by atoms with Gasteiger partial charge in [0, 0.05) is 24.2 Å². The quantitative estimate of drug-likeness (QED) is 0.761. The molecule has 6 heteroatoms. The SMILES string of the molecule is Clc1ccc(OCc2ccc3ncsc3c2)c(OC2CNC2)c1. The Balaban J connectivity index is 1.50. The highest BCUT2D eigenvalue weighted by Gasteiger charge is 2.20. The van der Waals surface area contributed by atoms with Gasteiger partial charge in [0.15, 0.2) is 11.5 Å². The van der Waals surface area contributed by atoms with E-state index in [9.17, 15) is 0 Å². The molecule has 1 saturated heterocycles. The van der Waals surface area contributed by atoms with Crippen molar-refractivity contribution in [1.29, 1.82) is 0 Å². The minimum Gasteiger partial charge on any atom is -0.485 e. The number of nitrogens with one attached hydrogen (secondary N) is 1. The number of thiazole rings is 1. The third-order valence-corrected chi connectivity index (χ3v) is 4.76. The molecule has 0 spiro atoms. The van der Waals surface area contributed by atoms with Gasteiger partial charge in [-0.15, -0.1) is 11.3 Å². The number of aromatic nitrogens is 1. The average Bonchev–Trinajstić information content (AvgIpc) is 2.97. The molecule has 0 saturated carbocycles. The molecular weight excluding hydrogens is 332 g/mol. The zero-order valence-electron chi connectivity index (χ0n) is 12.3. The third kappa shape index (κ3) is 3.27. The van der Waals surface area contributed by atoms with Crippen LogP contribution in [0.25, 0.3) is 10.2 Å². The zero-order valence-corrected chi connectivity index (χ0v) is 13.9. The summed E-state index contributed by atoms with van der Waals surface area (Å²) in [6.45, 7) is 2.19. The summed E-state index contributed by atoms with van der Waals surface area (Å²) in [5, 5.41) is 3.83. The number of rotatable bonds is 5. The standard InChI is InChI=1S/C17H15ClN2O2S/c18-12-2-4-15(16(6-12)22-13-7-19-8-13)21-9-11-1-3-14-17(5-11)23-10-20-14/h1-6,10,13,19H,7-9H2. The highest BCUT2D eigenvalue weighted by molar-refractivity contribution is 7.16. The summed E-state index contributed by atoms with van der Waals surface area (Å²) in [6, 6.07) is 11.6. The van der Waals surface area contributed by atoms with Crippen molar-refractivity contribution in [3.63, 3.8) is 0 Å². The molecule has 0 bridgehead atoms. The van der Waals surface area contributed by atoms with Gasteiger partial charge in [-0.25, -0.2) is 4.98 Å². The summed E-state index contributed by atoms with van der Waals surface area (Å²) in [5.41, 5.74) is 3.98. The number of halogens is 1. The first-order valence-electron chi connectivity index (χ1n) is 7.40. The van der Waals surface area contributed by atoms with Gasteiger partial charge in [0.25, 0.3) is 0 Å². The van der Waals surface area contributed by atoms with E-state index in [2.05, 4.69) is 16.4 Å². The largest absolute Gasteiger partial charge is 0.485 e. The minimum atomic E-state index is 0.185. The number of fused-ring (bicyclic) bond motifs is 1. The van der Waals surface area contributed by atoms with Crippen LogP contribution in [0.4, 0.5) is 0 Å². The van der Waals surface area contributed by atoms with Crippen LogP contribution < -0.4 is 14.8 Å². The zero-order chi connectivity index (χ0) is 15.6. The van der Waals surface area contributed by atoms with Crippen LogP contribution >= 0.6 is 22.9 Å². The van der Waals surface area contributed by atoms with Crippen molar-refractivity contribution in [2.45, 2.75) is 12.7 Å². The van der Waals surface area contributed by atoms with Gasteiger partial charge in [-0.1, -0.05) is 17.7 Å². The lowest BCUT2D eigenvalue weighted by molar-refractivity contribution is 0.134. The molecule has 1 N–H and O–H groups in total. The summed E-state index contributed by atoms with van der Waals surface area (Å²) in [7, 11) is 0. The number of ether oxygens (including phenoxy) is 2. The van der Waals surface area contributed by atoms with Crippen molar-refractivity contribution in [3.8, 4) is 11.5 Å². The van der Waals surface area contributed by atoms with E-state index in [1.807, 2.05) is 35.8 Å². The van der Waals surface area contributed by atoms with Crippen LogP contribution in [0.15, 0.2) is 41.9 Å². The van der Waals surface area contributed by atoms with Crippen LogP contribution in [-0.4, -0.2) is 24.2 Å². The van der Waals surface area contributed by atoms with Crippen molar-refractivity contribution < 1.29 is 9.47 Å². The molecule has 0 amide bonds. The maximum Gasteiger partial charge on any atom is 0.163 e. The second kappa shape index (κ2) is 6.35. The molecule has 0 atom stereocenters. The Labute approximate surface area is 143 Å². The Morgan fingerprint density at radius 1 is 1.17 bits per heavy atom. The normalized spacial score (nSPS) is 14.7. The van der Waals surface area contributed by atoms with Gasteiger partial charge >= 0.3 is 0 Å². The number of benzene rings is 2. The van der Waals surface area contributed by atoms with Gasteiger partial charge in [-0.05, 0) is 29.8 Å². The minimum absolute atomic E-state index is 0.185. The van der Waals surface area contributed by atoms with E-state index in [4.69, 9.17) is 21.1 Å². The van der Waals surface area contributed by atoms with E-state index in [0.717, 1.165) is 24.2 Å². The molecule has 2 heterocycles. The van der Waals surface area contributed by atoms with Crippen LogP contribution in [0.5, 0.6) is 11.5 Å². The predicted octanol–water partition coefficient (Wildman–Crippen LogP) is 3.88. The number of hydrogen-bond donors (Lipinski definition) is 1. The molecule has 1 aromatic heterocycles. The van der Waals surface area contributed by atoms with Gasteiger partial charge in [0.2, 0.25) is 0 Å². The van der Waals surface area contributed by atoms with E-state index < -0.39 is 0 Å². The summed E-state index contributed by atoms with van der Waals surface area (Å²) in [6.07, 6.45) is 0.185. The Morgan fingerprint density at radius 2 is 2.09 bits per heavy atom. The number of hydrogen-bond acceptors (Lipinski definition) is 5. The van der Waals surface area contributed by atoms with Gasteiger partial charge < -0.3 is 14.8 Å². The van der Waals surface area contributed by atoms with Crippen LogP contribution in [-0.2, 0) is 6.61 Å². The van der Waals surface area contributed by atoms with E-state index in [0.29, 0.717) is 23.1 Å². The monoisotopic (exact) mass is 346 g/mol. The Morgan fingerprint density at radius 3 is 2.91 bits per heavy atom. The lowest BCUT2D eigenvalue weighted by Gasteiger charge is -2.28. The average molecular weight is 347 g/mol. The molecule has 0 radical (unpaired) electrons. The smallest absolute Gasteiger partial charge is 0.163 e. The van der Waals surface area contributed by atoms with Crippen molar-refractivity contribution in [3.05, 3.63) is 52.5 Å². The van der Waals surface area contributed by atoms with Crippen molar-refractivity contribution in [2.75, 3.05) is 13.1 Å². The molecule has 118 valence electrons. The molecule has 1 fully saturated rings. The van der Waals surface area contributed by atoms with Crippen molar-refractivity contribution in [1.82, 2.24) is 10.3 Å². The van der Waals surface area contributed by atoms with E-state index >= 15 is 0 Å². The third-order valence-electron chi connectivity index (χ3n) is 3.73. The molecule has 2 aromatic carbocycles. The maximum atomic E-state index is 6.07. The fourth-order valence-corrected chi connectivity index (χ4v) is 3.27. The number of nitrogens with zero attached hydrogens (tertiary/aromatic N) is 1. The lowest BCUT2D eigenvalue weighted by atomic mass is 10.2. The van der Waals surface area contributed by atoms with Crippen molar-refractivity contribution in [2.24, 2.45) is 0 Å². The van der Waals surface area contributed by atoms with Crippen LogP contribution in [0, 0.1) is 0 Å². The fourth-order valence-electron chi connectivity index (χ4n) is 2.37. The van der Waals surface area contributed by atoms with E-state index in [-0.39, 0.29) is 6.10 Å². The Bertz CT molecular complexity index is 832. The summed E-state index contributed by atoms with van der Waals surface area (Å²) < 4.78 is 13.0. The predicted molar refractivity (Wildman–Crippen MR) is 92.7 cm³/mol. The molecule has 1 aliphatic rings. The van der Waals surface area contributed by atoms with Crippen LogP contribution in [0.2, 0.25) is 5.02 Å². The molecular formula is C17H15ClN2O2S. The highest BCUT2D eigenvalue weighted by atomic mass is 35.5. The van der Waals surface area contributed by atoms with Crippen LogP contribution in [0.3, 0.4) is 0 Å². The highest BCUT2D eigenvalue weighted by Crippen LogP contribution is 2.32. The topological polar surface area (TPSA) is 43.4 Å². The van der Waals surface area contributed by atoms with Crippen molar-refractivity contribution >= 4 is 33.2 Å². The molecule has 1 aliphatic heterocycles. The first kappa shape index (κ1) is 14.8. The summed E-state index contributed by atoms with van der Waals surface area (Å²) >= 11 is 7.71. The molecule has 3 aromatic rings. The van der Waals surface area contributed by atoms with E-state index in [1.54, 1.807) is 11.3 Å². The second-order valence-electron chi connectivity index (χ2n) is 5.43. The maximum absolute atomic E-state index is 6.07. The molecule has 23 heavy (non-hydrogen) atoms. The molecule has 0 unspecified atom stereocenters. The molecule has 4 rings (SSSR count).